The third-order valence-corrected chi connectivity index (χ3v) is 2.99. The Labute approximate surface area is 95.5 Å². The summed E-state index contributed by atoms with van der Waals surface area (Å²) in [5.74, 6) is 0. The van der Waals surface area contributed by atoms with Gasteiger partial charge in [-0.3, -0.25) is 0 Å². The van der Waals surface area contributed by atoms with Gasteiger partial charge < -0.3 is 10.4 Å². The lowest BCUT2D eigenvalue weighted by atomic mass is 9.95. The molecule has 0 aliphatic rings. The van der Waals surface area contributed by atoms with Gasteiger partial charge in [0.05, 0.1) is 6.61 Å². The van der Waals surface area contributed by atoms with Crippen molar-refractivity contribution in [2.75, 3.05) is 6.61 Å². The van der Waals surface area contributed by atoms with Crippen molar-refractivity contribution in [1.29, 1.82) is 0 Å². The molecule has 2 heteroatoms. The summed E-state index contributed by atoms with van der Waals surface area (Å²) in [6.45, 7) is 8.97. The fraction of sp³-hybridized carbons (Fsp3) is 1.00. The van der Waals surface area contributed by atoms with E-state index < -0.39 is 0 Å². The Hall–Kier alpha value is -0.0800. The maximum absolute atomic E-state index is 9.37. The Balaban J connectivity index is 3.84. The second-order valence-corrected chi connectivity index (χ2v) is 5.01. The first-order valence-corrected chi connectivity index (χ1v) is 6.46. The second-order valence-electron chi connectivity index (χ2n) is 5.01. The minimum absolute atomic E-state index is 0.0830. The highest BCUT2D eigenvalue weighted by atomic mass is 16.3. The zero-order valence-electron chi connectivity index (χ0n) is 11.0. The van der Waals surface area contributed by atoms with Gasteiger partial charge in [0.25, 0.3) is 0 Å². The summed E-state index contributed by atoms with van der Waals surface area (Å²) < 4.78 is 0. The van der Waals surface area contributed by atoms with E-state index in [1.165, 1.54) is 25.7 Å². The highest BCUT2D eigenvalue weighted by molar-refractivity contribution is 4.84. The van der Waals surface area contributed by atoms with Crippen LogP contribution in [0.4, 0.5) is 0 Å². The fourth-order valence-electron chi connectivity index (χ4n) is 2.12. The van der Waals surface area contributed by atoms with Crippen LogP contribution in [0, 0.1) is 0 Å². The van der Waals surface area contributed by atoms with Gasteiger partial charge in [-0.2, -0.15) is 0 Å². The molecule has 0 saturated carbocycles. The van der Waals surface area contributed by atoms with Crippen molar-refractivity contribution in [2.45, 2.75) is 77.8 Å². The molecule has 0 rings (SSSR count). The molecule has 0 aromatic heterocycles. The average Bonchev–Trinajstić information content (AvgIpc) is 2.18. The smallest absolute Gasteiger partial charge is 0.0610 e. The number of unbranched alkanes of at least 4 members (excludes halogenated alkanes) is 2. The molecule has 0 aromatic rings. The third-order valence-electron chi connectivity index (χ3n) is 2.99. The first-order valence-electron chi connectivity index (χ1n) is 6.46. The molecule has 0 spiro atoms. The zero-order valence-corrected chi connectivity index (χ0v) is 11.0. The van der Waals surface area contributed by atoms with Crippen LogP contribution in [-0.4, -0.2) is 23.3 Å². The van der Waals surface area contributed by atoms with Gasteiger partial charge in [0.2, 0.25) is 0 Å². The first-order chi connectivity index (χ1) is 7.08. The van der Waals surface area contributed by atoms with E-state index in [1.54, 1.807) is 0 Å². The van der Waals surface area contributed by atoms with E-state index in [2.05, 4.69) is 33.0 Å². The molecule has 2 unspecified atom stereocenters. The lowest BCUT2D eigenvalue weighted by molar-refractivity contribution is 0.151. The van der Waals surface area contributed by atoms with Gasteiger partial charge in [-0.05, 0) is 26.7 Å². The molecule has 0 heterocycles. The van der Waals surface area contributed by atoms with Crippen LogP contribution in [0.15, 0.2) is 0 Å². The van der Waals surface area contributed by atoms with Crippen LogP contribution >= 0.6 is 0 Å². The van der Waals surface area contributed by atoms with Gasteiger partial charge in [0, 0.05) is 11.6 Å². The van der Waals surface area contributed by atoms with E-state index in [1.807, 2.05) is 0 Å². The van der Waals surface area contributed by atoms with E-state index in [9.17, 15) is 5.11 Å². The quantitative estimate of drug-likeness (QED) is 0.579. The molecule has 0 saturated heterocycles. The van der Waals surface area contributed by atoms with Gasteiger partial charge in [0.1, 0.15) is 0 Å². The molecule has 0 amide bonds. The number of rotatable bonds is 9. The summed E-state index contributed by atoms with van der Waals surface area (Å²) in [5.41, 5.74) is -0.0830. The van der Waals surface area contributed by atoms with Crippen molar-refractivity contribution < 1.29 is 5.11 Å². The molecule has 0 aliphatic carbocycles. The summed E-state index contributed by atoms with van der Waals surface area (Å²) >= 11 is 0. The van der Waals surface area contributed by atoms with Crippen LogP contribution in [0.25, 0.3) is 0 Å². The minimum atomic E-state index is -0.0830. The van der Waals surface area contributed by atoms with Crippen molar-refractivity contribution in [3.8, 4) is 0 Å². The maximum Gasteiger partial charge on any atom is 0.0610 e. The minimum Gasteiger partial charge on any atom is -0.394 e. The van der Waals surface area contributed by atoms with E-state index in [-0.39, 0.29) is 12.1 Å². The molecule has 2 nitrogen and oxygen atoms in total. The summed E-state index contributed by atoms with van der Waals surface area (Å²) in [5, 5.41) is 12.9. The van der Waals surface area contributed by atoms with Crippen LogP contribution in [0.5, 0.6) is 0 Å². The number of hydrogen-bond acceptors (Lipinski definition) is 2. The van der Waals surface area contributed by atoms with Crippen molar-refractivity contribution in [2.24, 2.45) is 0 Å². The highest BCUT2D eigenvalue weighted by Gasteiger charge is 2.23. The van der Waals surface area contributed by atoms with Crippen LogP contribution < -0.4 is 5.32 Å². The predicted molar refractivity (Wildman–Crippen MR) is 67.1 cm³/mol. The molecular weight excluding hydrogens is 186 g/mol. The zero-order chi connectivity index (χ0) is 11.7. The Bertz CT molecular complexity index is 149. The average molecular weight is 215 g/mol. The van der Waals surface area contributed by atoms with Crippen molar-refractivity contribution in [3.63, 3.8) is 0 Å². The van der Waals surface area contributed by atoms with Gasteiger partial charge in [-0.1, -0.05) is 39.5 Å². The third kappa shape index (κ3) is 6.91. The molecule has 2 N–H and O–H groups in total. The topological polar surface area (TPSA) is 32.3 Å². The highest BCUT2D eigenvalue weighted by Crippen LogP contribution is 2.14. The van der Waals surface area contributed by atoms with Crippen LogP contribution in [0.1, 0.15) is 66.2 Å². The molecule has 2 atom stereocenters. The number of nitrogens with one attached hydrogen (secondary N) is 1. The SMILES string of the molecule is CCCCCC(C)NC(C)(CO)CCC. The maximum atomic E-state index is 9.37. The van der Waals surface area contributed by atoms with Gasteiger partial charge in [-0.25, -0.2) is 0 Å². The molecule has 15 heavy (non-hydrogen) atoms. The van der Waals surface area contributed by atoms with E-state index >= 15 is 0 Å². The monoisotopic (exact) mass is 215 g/mol. The van der Waals surface area contributed by atoms with Crippen LogP contribution in [0.2, 0.25) is 0 Å². The van der Waals surface area contributed by atoms with Gasteiger partial charge in [-0.15, -0.1) is 0 Å². The molecule has 0 aliphatic heterocycles. The Morgan fingerprint density at radius 3 is 2.33 bits per heavy atom. The Morgan fingerprint density at radius 1 is 1.20 bits per heavy atom. The molecule has 0 fully saturated rings. The first kappa shape index (κ1) is 14.9. The van der Waals surface area contributed by atoms with Crippen molar-refractivity contribution in [3.05, 3.63) is 0 Å². The van der Waals surface area contributed by atoms with Crippen LogP contribution in [-0.2, 0) is 0 Å². The second kappa shape index (κ2) is 8.12. The fourth-order valence-corrected chi connectivity index (χ4v) is 2.12. The molecule has 0 bridgehead atoms. The lowest BCUT2D eigenvalue weighted by Gasteiger charge is -2.32. The Morgan fingerprint density at radius 2 is 1.87 bits per heavy atom. The molecular formula is C13H29NO. The van der Waals surface area contributed by atoms with E-state index in [0.29, 0.717) is 6.04 Å². The van der Waals surface area contributed by atoms with Gasteiger partial charge >= 0.3 is 0 Å². The van der Waals surface area contributed by atoms with Crippen molar-refractivity contribution >= 4 is 0 Å². The largest absolute Gasteiger partial charge is 0.394 e. The summed E-state index contributed by atoms with van der Waals surface area (Å²) in [6.07, 6.45) is 7.26. The summed E-state index contributed by atoms with van der Waals surface area (Å²) in [6, 6.07) is 0.514. The summed E-state index contributed by atoms with van der Waals surface area (Å²) in [4.78, 5) is 0. The molecule has 92 valence electrons. The normalized spacial score (nSPS) is 17.4. The number of hydrogen-bond donors (Lipinski definition) is 2. The van der Waals surface area contributed by atoms with Crippen LogP contribution in [0.3, 0.4) is 0 Å². The lowest BCUT2D eigenvalue weighted by Crippen LogP contribution is -2.49. The molecule has 0 aromatic carbocycles. The standard InChI is InChI=1S/C13H29NO/c1-5-7-8-9-12(3)14-13(4,11-15)10-6-2/h12,14-15H,5-11H2,1-4H3. The van der Waals surface area contributed by atoms with E-state index in [4.69, 9.17) is 0 Å². The van der Waals surface area contributed by atoms with E-state index in [0.717, 1.165) is 12.8 Å². The number of aliphatic hydroxyl groups is 1. The predicted octanol–water partition coefficient (Wildman–Crippen LogP) is 3.10. The molecule has 0 radical (unpaired) electrons. The van der Waals surface area contributed by atoms with Gasteiger partial charge in [0.15, 0.2) is 0 Å². The summed E-state index contributed by atoms with van der Waals surface area (Å²) in [7, 11) is 0. The Kier molecular flexibility index (Phi) is 8.07. The number of aliphatic hydroxyl groups excluding tert-OH is 1. The van der Waals surface area contributed by atoms with Crippen molar-refractivity contribution in [1.82, 2.24) is 5.32 Å².